The number of carbonyl (C=O) groups is 1. The molecule has 0 aromatic carbocycles. The van der Waals surface area contributed by atoms with Gasteiger partial charge >= 0.3 is 6.09 Å². The highest BCUT2D eigenvalue weighted by Crippen LogP contribution is 2.21. The predicted octanol–water partition coefficient (Wildman–Crippen LogP) is 2.88. The fraction of sp³-hybridized carbons (Fsp3) is 0.667. The van der Waals surface area contributed by atoms with Gasteiger partial charge in [-0.05, 0) is 57.2 Å². The summed E-state index contributed by atoms with van der Waals surface area (Å²) in [5.74, 6) is 0.609. The molecular formula is C15H22ClN3O3S. The molecule has 0 unspecified atom stereocenters. The molecule has 2 atom stereocenters. The van der Waals surface area contributed by atoms with Crippen molar-refractivity contribution in [2.45, 2.75) is 44.2 Å². The maximum Gasteiger partial charge on any atom is 0.410 e. The molecule has 6 nitrogen and oxygen atoms in total. The van der Waals surface area contributed by atoms with Crippen LogP contribution >= 0.6 is 11.6 Å². The molecule has 0 radical (unpaired) electrons. The zero-order valence-electron chi connectivity index (χ0n) is 13.6. The normalized spacial score (nSPS) is 20.2. The van der Waals surface area contributed by atoms with Gasteiger partial charge in [-0.1, -0.05) is 0 Å². The first-order valence-electron chi connectivity index (χ1n) is 7.59. The Kier molecular flexibility index (Phi) is 5.97. The van der Waals surface area contributed by atoms with Crippen LogP contribution in [0.5, 0.6) is 0 Å². The molecule has 0 N–H and O–H groups in total. The van der Waals surface area contributed by atoms with Crippen molar-refractivity contribution >= 4 is 28.5 Å². The number of hydrogen-bond acceptors (Lipinski definition) is 5. The van der Waals surface area contributed by atoms with Crippen molar-refractivity contribution in [2.75, 3.05) is 18.8 Å². The van der Waals surface area contributed by atoms with E-state index >= 15 is 0 Å². The number of nitrogens with zero attached hydrogens (tertiary/aromatic N) is 3. The zero-order valence-corrected chi connectivity index (χ0v) is 15.2. The summed E-state index contributed by atoms with van der Waals surface area (Å²) < 4.78 is 17.8. The van der Waals surface area contributed by atoms with Crippen LogP contribution in [-0.4, -0.2) is 49.6 Å². The molecule has 8 heteroatoms. The SMILES string of the molecule is CC(C)(C)OC(=O)N1CCC[C@H](C[S@](=O)c2ccnc(Cl)n2)C1. The molecule has 1 aromatic rings. The number of halogens is 1. The second-order valence-electron chi connectivity index (χ2n) is 6.61. The van der Waals surface area contributed by atoms with Gasteiger partial charge in [0.1, 0.15) is 10.6 Å². The van der Waals surface area contributed by atoms with Crippen molar-refractivity contribution in [3.05, 3.63) is 17.5 Å². The van der Waals surface area contributed by atoms with Crippen LogP contribution in [0.15, 0.2) is 17.3 Å². The summed E-state index contributed by atoms with van der Waals surface area (Å²) >= 11 is 5.73. The molecule has 0 spiro atoms. The van der Waals surface area contributed by atoms with Crippen LogP contribution < -0.4 is 0 Å². The average molecular weight is 360 g/mol. The van der Waals surface area contributed by atoms with E-state index in [1.807, 2.05) is 20.8 Å². The predicted molar refractivity (Wildman–Crippen MR) is 88.8 cm³/mol. The summed E-state index contributed by atoms with van der Waals surface area (Å²) in [6.07, 6.45) is 3.00. The number of amides is 1. The first-order valence-corrected chi connectivity index (χ1v) is 9.29. The number of aromatic nitrogens is 2. The van der Waals surface area contributed by atoms with E-state index in [1.165, 1.54) is 6.20 Å². The molecule has 2 heterocycles. The molecule has 23 heavy (non-hydrogen) atoms. The van der Waals surface area contributed by atoms with E-state index in [9.17, 15) is 9.00 Å². The first-order chi connectivity index (χ1) is 10.7. The van der Waals surface area contributed by atoms with E-state index < -0.39 is 16.4 Å². The van der Waals surface area contributed by atoms with Crippen LogP contribution in [-0.2, 0) is 15.5 Å². The van der Waals surface area contributed by atoms with Gasteiger partial charge in [-0.25, -0.2) is 14.8 Å². The Balaban J connectivity index is 1.93. The Morgan fingerprint density at radius 2 is 2.26 bits per heavy atom. The quantitative estimate of drug-likeness (QED) is 0.613. The van der Waals surface area contributed by atoms with Crippen molar-refractivity contribution < 1.29 is 13.7 Å². The number of rotatable bonds is 3. The summed E-state index contributed by atoms with van der Waals surface area (Å²) in [5.41, 5.74) is -0.509. The number of carbonyl (C=O) groups excluding carboxylic acids is 1. The standard InChI is InChI=1S/C15H22ClN3O3S/c1-15(2,3)22-14(20)19-8-4-5-11(9-19)10-23(21)12-6-7-17-13(16)18-12/h6-7,11H,4-5,8-10H2,1-3H3/t11-,23-/m0/s1. The van der Waals surface area contributed by atoms with E-state index in [-0.39, 0.29) is 17.3 Å². The number of likely N-dealkylation sites (tertiary alicyclic amines) is 1. The third kappa shape index (κ3) is 5.73. The Morgan fingerprint density at radius 1 is 1.52 bits per heavy atom. The maximum absolute atomic E-state index is 12.4. The van der Waals surface area contributed by atoms with Gasteiger partial charge in [0.05, 0.1) is 10.8 Å². The Hall–Kier alpha value is -1.21. The molecular weight excluding hydrogens is 338 g/mol. The molecule has 128 valence electrons. The van der Waals surface area contributed by atoms with E-state index in [4.69, 9.17) is 16.3 Å². The highest BCUT2D eigenvalue weighted by Gasteiger charge is 2.28. The van der Waals surface area contributed by atoms with Gasteiger partial charge in [0.25, 0.3) is 0 Å². The van der Waals surface area contributed by atoms with Crippen molar-refractivity contribution in [1.82, 2.24) is 14.9 Å². The van der Waals surface area contributed by atoms with Gasteiger partial charge in [0.2, 0.25) is 5.28 Å². The lowest BCUT2D eigenvalue weighted by Gasteiger charge is -2.33. The lowest BCUT2D eigenvalue weighted by Crippen LogP contribution is -2.44. The summed E-state index contributed by atoms with van der Waals surface area (Å²) in [4.78, 5) is 21.6. The monoisotopic (exact) mass is 359 g/mol. The lowest BCUT2D eigenvalue weighted by atomic mass is 10.0. The molecule has 2 rings (SSSR count). The fourth-order valence-electron chi connectivity index (χ4n) is 2.44. The topological polar surface area (TPSA) is 72.4 Å². The van der Waals surface area contributed by atoms with Crippen molar-refractivity contribution in [1.29, 1.82) is 0 Å². The lowest BCUT2D eigenvalue weighted by molar-refractivity contribution is 0.0176. The van der Waals surface area contributed by atoms with Crippen LogP contribution in [0.3, 0.4) is 0 Å². The molecule has 1 aromatic heterocycles. The van der Waals surface area contributed by atoms with Gasteiger partial charge in [-0.3, -0.25) is 4.21 Å². The van der Waals surface area contributed by atoms with E-state index in [2.05, 4.69) is 9.97 Å². The molecule has 1 amide bonds. The highest BCUT2D eigenvalue weighted by molar-refractivity contribution is 7.84. The summed E-state index contributed by atoms with van der Waals surface area (Å²) in [7, 11) is -1.25. The van der Waals surface area contributed by atoms with Crippen LogP contribution in [0.2, 0.25) is 5.28 Å². The fourth-order valence-corrected chi connectivity index (χ4v) is 3.91. The largest absolute Gasteiger partial charge is 0.444 e. The van der Waals surface area contributed by atoms with Gasteiger partial charge in [0.15, 0.2) is 0 Å². The van der Waals surface area contributed by atoms with Crippen molar-refractivity contribution in [3.8, 4) is 0 Å². The van der Waals surface area contributed by atoms with Crippen LogP contribution in [0.4, 0.5) is 4.79 Å². The molecule has 0 saturated carbocycles. The van der Waals surface area contributed by atoms with Crippen molar-refractivity contribution in [2.24, 2.45) is 5.92 Å². The minimum absolute atomic E-state index is 0.0925. The van der Waals surface area contributed by atoms with Gasteiger partial charge < -0.3 is 9.64 Å². The van der Waals surface area contributed by atoms with Gasteiger partial charge in [-0.15, -0.1) is 0 Å². The van der Waals surface area contributed by atoms with E-state index in [1.54, 1.807) is 11.0 Å². The second-order valence-corrected chi connectivity index (χ2v) is 8.39. The second kappa shape index (κ2) is 7.57. The molecule has 1 aliphatic heterocycles. The average Bonchev–Trinajstić information content (AvgIpc) is 2.45. The Morgan fingerprint density at radius 3 is 2.91 bits per heavy atom. The molecule has 1 fully saturated rings. The minimum atomic E-state index is -1.25. The molecule has 1 aliphatic rings. The van der Waals surface area contributed by atoms with Crippen LogP contribution in [0, 0.1) is 5.92 Å². The van der Waals surface area contributed by atoms with E-state index in [0.717, 1.165) is 12.8 Å². The number of piperidine rings is 1. The van der Waals surface area contributed by atoms with Gasteiger partial charge in [0, 0.05) is 25.0 Å². The van der Waals surface area contributed by atoms with Crippen LogP contribution in [0.1, 0.15) is 33.6 Å². The Labute approximate surface area is 144 Å². The van der Waals surface area contributed by atoms with E-state index in [0.29, 0.717) is 23.9 Å². The molecule has 0 aliphatic carbocycles. The van der Waals surface area contributed by atoms with Crippen LogP contribution in [0.25, 0.3) is 0 Å². The third-order valence-electron chi connectivity index (χ3n) is 3.39. The number of hydrogen-bond donors (Lipinski definition) is 0. The number of ether oxygens (including phenoxy) is 1. The molecule has 1 saturated heterocycles. The third-order valence-corrected chi connectivity index (χ3v) is 5.04. The maximum atomic E-state index is 12.4. The Bertz CT molecular complexity index is 592. The smallest absolute Gasteiger partial charge is 0.410 e. The summed E-state index contributed by atoms with van der Waals surface area (Å²) in [6, 6.07) is 1.61. The minimum Gasteiger partial charge on any atom is -0.444 e. The molecule has 0 bridgehead atoms. The van der Waals surface area contributed by atoms with Crippen molar-refractivity contribution in [3.63, 3.8) is 0 Å². The first kappa shape index (κ1) is 18.1. The zero-order chi connectivity index (χ0) is 17.0. The summed E-state index contributed by atoms with van der Waals surface area (Å²) in [6.45, 7) is 6.78. The highest BCUT2D eigenvalue weighted by atomic mass is 35.5. The van der Waals surface area contributed by atoms with Gasteiger partial charge in [-0.2, -0.15) is 0 Å². The summed E-state index contributed by atoms with van der Waals surface area (Å²) in [5, 5.41) is 0.522.